The van der Waals surface area contributed by atoms with Crippen LogP contribution in [-0.4, -0.2) is 17.6 Å². The first-order chi connectivity index (χ1) is 9.83. The van der Waals surface area contributed by atoms with Gasteiger partial charge in [-0.25, -0.2) is 0 Å². The Morgan fingerprint density at radius 3 is 2.65 bits per heavy atom. The van der Waals surface area contributed by atoms with Crippen LogP contribution in [-0.2, 0) is 6.42 Å². The molecular weight excluding hydrogens is 264 g/mol. The van der Waals surface area contributed by atoms with E-state index in [9.17, 15) is 0 Å². The van der Waals surface area contributed by atoms with Gasteiger partial charge in [-0.1, -0.05) is 39.5 Å². The smallest absolute Gasteiger partial charge is 0.0794 e. The first-order valence-corrected chi connectivity index (χ1v) is 9.32. The van der Waals surface area contributed by atoms with Gasteiger partial charge in [0.2, 0.25) is 0 Å². The number of hydrogen-bond donors (Lipinski definition) is 1. The third kappa shape index (κ3) is 4.85. The maximum atomic E-state index is 4.23. The Kier molecular flexibility index (Phi) is 7.01. The first kappa shape index (κ1) is 16.0. The zero-order chi connectivity index (χ0) is 14.2. The fourth-order valence-electron chi connectivity index (χ4n) is 3.58. The van der Waals surface area contributed by atoms with E-state index in [4.69, 9.17) is 0 Å². The Hall–Kier alpha value is -0.410. The summed E-state index contributed by atoms with van der Waals surface area (Å²) in [4.78, 5) is 5.67. The van der Waals surface area contributed by atoms with Crippen molar-refractivity contribution in [2.24, 2.45) is 11.8 Å². The normalized spacial score (nSPS) is 24.7. The van der Waals surface area contributed by atoms with Crippen molar-refractivity contribution in [1.82, 2.24) is 10.3 Å². The molecule has 3 heteroatoms. The molecule has 1 fully saturated rings. The van der Waals surface area contributed by atoms with Gasteiger partial charge in [-0.05, 0) is 44.1 Å². The molecule has 2 nitrogen and oxygen atoms in total. The topological polar surface area (TPSA) is 24.9 Å². The molecule has 1 saturated carbocycles. The van der Waals surface area contributed by atoms with Crippen molar-refractivity contribution in [2.75, 3.05) is 6.54 Å². The van der Waals surface area contributed by atoms with E-state index in [1.54, 1.807) is 11.3 Å². The second-order valence-electron chi connectivity index (χ2n) is 6.30. The summed E-state index contributed by atoms with van der Waals surface area (Å²) in [6.45, 7) is 5.73. The number of nitrogens with zero attached hydrogens (tertiary/aromatic N) is 1. The Bertz CT molecular complexity index is 342. The molecule has 20 heavy (non-hydrogen) atoms. The molecule has 0 radical (unpaired) electrons. The average molecular weight is 295 g/mol. The van der Waals surface area contributed by atoms with Crippen molar-refractivity contribution in [3.63, 3.8) is 0 Å². The number of thiazole rings is 1. The second-order valence-corrected chi connectivity index (χ2v) is 7.27. The Balaban J connectivity index is 1.86. The van der Waals surface area contributed by atoms with Crippen LogP contribution in [0.15, 0.2) is 11.7 Å². The quantitative estimate of drug-likeness (QED) is 0.754. The highest BCUT2D eigenvalue weighted by atomic mass is 32.1. The van der Waals surface area contributed by atoms with Gasteiger partial charge in [0.05, 0.1) is 5.51 Å². The van der Waals surface area contributed by atoms with Gasteiger partial charge in [0.25, 0.3) is 0 Å². The minimum absolute atomic E-state index is 0.665. The zero-order valence-corrected chi connectivity index (χ0v) is 13.9. The maximum absolute atomic E-state index is 4.23. The van der Waals surface area contributed by atoms with Gasteiger partial charge in [0.1, 0.15) is 0 Å². The number of aromatic nitrogens is 1. The van der Waals surface area contributed by atoms with Crippen LogP contribution in [0.5, 0.6) is 0 Å². The highest BCUT2D eigenvalue weighted by Gasteiger charge is 2.27. The van der Waals surface area contributed by atoms with E-state index in [-0.39, 0.29) is 0 Å². The summed E-state index contributed by atoms with van der Waals surface area (Å²) in [6, 6.07) is 0.665. The van der Waals surface area contributed by atoms with E-state index in [0.717, 1.165) is 18.4 Å². The summed E-state index contributed by atoms with van der Waals surface area (Å²) < 4.78 is 0. The summed E-state index contributed by atoms with van der Waals surface area (Å²) in [6.07, 6.45) is 13.0. The molecule has 0 aliphatic heterocycles. The molecule has 0 saturated heterocycles. The third-order valence-electron chi connectivity index (χ3n) is 4.72. The van der Waals surface area contributed by atoms with Gasteiger partial charge >= 0.3 is 0 Å². The maximum Gasteiger partial charge on any atom is 0.0794 e. The standard InChI is InChI=1S/C17H30N2S/c1-3-5-14-6-8-15(9-7-14)17(19-10-4-2)11-16-12-18-13-20-16/h12-15,17,19H,3-11H2,1-2H3. The molecule has 1 unspecified atom stereocenters. The molecule has 0 spiro atoms. The highest BCUT2D eigenvalue weighted by molar-refractivity contribution is 7.09. The molecule has 1 aliphatic carbocycles. The summed E-state index contributed by atoms with van der Waals surface area (Å²) >= 11 is 1.81. The molecule has 0 aromatic carbocycles. The highest BCUT2D eigenvalue weighted by Crippen LogP contribution is 2.34. The van der Waals surface area contributed by atoms with Crippen LogP contribution in [0.3, 0.4) is 0 Å². The molecule has 0 amide bonds. The van der Waals surface area contributed by atoms with Crippen LogP contribution >= 0.6 is 11.3 Å². The van der Waals surface area contributed by atoms with Gasteiger partial charge in [0.15, 0.2) is 0 Å². The zero-order valence-electron chi connectivity index (χ0n) is 13.1. The summed E-state index contributed by atoms with van der Waals surface area (Å²) in [5, 5.41) is 3.80. The van der Waals surface area contributed by atoms with Crippen molar-refractivity contribution in [1.29, 1.82) is 0 Å². The lowest BCUT2D eigenvalue weighted by molar-refractivity contribution is 0.213. The molecule has 1 aliphatic rings. The van der Waals surface area contributed by atoms with E-state index in [1.807, 2.05) is 11.7 Å². The Morgan fingerprint density at radius 2 is 2.05 bits per heavy atom. The van der Waals surface area contributed by atoms with E-state index in [2.05, 4.69) is 24.1 Å². The number of rotatable bonds is 8. The van der Waals surface area contributed by atoms with Crippen molar-refractivity contribution in [3.05, 3.63) is 16.6 Å². The molecule has 1 aromatic rings. The van der Waals surface area contributed by atoms with Crippen molar-refractivity contribution >= 4 is 11.3 Å². The predicted octanol–water partition coefficient (Wildman–Crippen LogP) is 4.66. The lowest BCUT2D eigenvalue weighted by atomic mass is 9.76. The van der Waals surface area contributed by atoms with Gasteiger partial charge in [0, 0.05) is 17.1 Å². The lowest BCUT2D eigenvalue weighted by Gasteiger charge is -2.34. The second kappa shape index (κ2) is 8.78. The largest absolute Gasteiger partial charge is 0.313 e. The van der Waals surface area contributed by atoms with Crippen molar-refractivity contribution in [3.8, 4) is 0 Å². The van der Waals surface area contributed by atoms with E-state index in [0.29, 0.717) is 6.04 Å². The fraction of sp³-hybridized carbons (Fsp3) is 0.824. The summed E-state index contributed by atoms with van der Waals surface area (Å²) in [5.74, 6) is 1.88. The van der Waals surface area contributed by atoms with Crippen molar-refractivity contribution < 1.29 is 0 Å². The van der Waals surface area contributed by atoms with Crippen LogP contribution in [0.4, 0.5) is 0 Å². The van der Waals surface area contributed by atoms with Gasteiger partial charge < -0.3 is 5.32 Å². The Morgan fingerprint density at radius 1 is 1.25 bits per heavy atom. The lowest BCUT2D eigenvalue weighted by Crippen LogP contribution is -2.40. The average Bonchev–Trinajstić information content (AvgIpc) is 2.98. The molecule has 114 valence electrons. The summed E-state index contributed by atoms with van der Waals surface area (Å²) in [7, 11) is 0. The first-order valence-electron chi connectivity index (χ1n) is 8.44. The molecule has 1 heterocycles. The van der Waals surface area contributed by atoms with Crippen molar-refractivity contribution in [2.45, 2.75) is 71.3 Å². The SMILES string of the molecule is CCCNC(Cc1cncs1)C1CCC(CCC)CC1. The molecule has 1 aromatic heterocycles. The van der Waals surface area contributed by atoms with Crippen LogP contribution < -0.4 is 5.32 Å². The van der Waals surface area contributed by atoms with Gasteiger partial charge in [-0.3, -0.25) is 4.98 Å². The molecule has 2 rings (SSSR count). The minimum atomic E-state index is 0.665. The minimum Gasteiger partial charge on any atom is -0.313 e. The fourth-order valence-corrected chi connectivity index (χ4v) is 4.24. The van der Waals surface area contributed by atoms with Crippen LogP contribution in [0.1, 0.15) is 63.7 Å². The van der Waals surface area contributed by atoms with E-state index in [1.165, 1.54) is 56.2 Å². The number of nitrogens with one attached hydrogen (secondary N) is 1. The van der Waals surface area contributed by atoms with Crippen LogP contribution in [0.2, 0.25) is 0 Å². The molecular formula is C17H30N2S. The number of hydrogen-bond acceptors (Lipinski definition) is 3. The van der Waals surface area contributed by atoms with E-state index >= 15 is 0 Å². The predicted molar refractivity (Wildman–Crippen MR) is 88.3 cm³/mol. The van der Waals surface area contributed by atoms with Gasteiger partial charge in [-0.2, -0.15) is 0 Å². The Labute approximate surface area is 128 Å². The van der Waals surface area contributed by atoms with Crippen LogP contribution in [0, 0.1) is 11.8 Å². The molecule has 1 atom stereocenters. The van der Waals surface area contributed by atoms with Gasteiger partial charge in [-0.15, -0.1) is 11.3 Å². The molecule has 0 bridgehead atoms. The monoisotopic (exact) mass is 294 g/mol. The third-order valence-corrected chi connectivity index (χ3v) is 5.52. The summed E-state index contributed by atoms with van der Waals surface area (Å²) in [5.41, 5.74) is 1.96. The molecule has 1 N–H and O–H groups in total. The van der Waals surface area contributed by atoms with Crippen LogP contribution in [0.25, 0.3) is 0 Å². The van der Waals surface area contributed by atoms with E-state index < -0.39 is 0 Å².